The zero-order valence-corrected chi connectivity index (χ0v) is 12.4. The minimum absolute atomic E-state index is 0.0369. The molecule has 0 radical (unpaired) electrons. The van der Waals surface area contributed by atoms with E-state index in [9.17, 15) is 13.2 Å². The van der Waals surface area contributed by atoms with Crippen LogP contribution in [-0.2, 0) is 10.0 Å². The molecule has 2 heterocycles. The maximum atomic E-state index is 12.2. The molecule has 20 heavy (non-hydrogen) atoms. The third kappa shape index (κ3) is 2.77. The average molecular weight is 362 g/mol. The van der Waals surface area contributed by atoms with Crippen LogP contribution in [0.1, 0.15) is 16.2 Å². The van der Waals surface area contributed by atoms with E-state index in [2.05, 4.69) is 40.8 Å². The van der Waals surface area contributed by atoms with Crippen LogP contribution >= 0.6 is 15.9 Å². The Hall–Kier alpha value is -2.01. The van der Waals surface area contributed by atoms with E-state index in [1.807, 2.05) is 0 Å². The van der Waals surface area contributed by atoms with Gasteiger partial charge in [-0.05, 0) is 22.9 Å². The molecule has 0 aliphatic carbocycles. The van der Waals surface area contributed by atoms with Crippen LogP contribution in [0.25, 0.3) is 0 Å². The van der Waals surface area contributed by atoms with E-state index in [0.717, 1.165) is 0 Å². The fraction of sp³-hybridized carbons (Fsp3) is 0.111. The van der Waals surface area contributed by atoms with E-state index in [4.69, 9.17) is 5.11 Å². The summed E-state index contributed by atoms with van der Waals surface area (Å²) in [5.41, 5.74) is -0.472. The predicted molar refractivity (Wildman–Crippen MR) is 70.8 cm³/mol. The monoisotopic (exact) mass is 361 g/mol. The summed E-state index contributed by atoms with van der Waals surface area (Å²) in [5.74, 6) is -1.48. The summed E-state index contributed by atoms with van der Waals surface area (Å²) >= 11 is 3.06. The van der Waals surface area contributed by atoms with Crippen LogP contribution in [0.4, 0.5) is 5.82 Å². The maximum absolute atomic E-state index is 12.2. The first-order valence-corrected chi connectivity index (χ1v) is 7.37. The lowest BCUT2D eigenvalue weighted by atomic mass is 10.4. The molecule has 0 aliphatic heterocycles. The molecule has 0 amide bonds. The molecule has 0 aliphatic rings. The van der Waals surface area contributed by atoms with Crippen molar-refractivity contribution in [1.29, 1.82) is 0 Å². The highest BCUT2D eigenvalue weighted by Crippen LogP contribution is 2.20. The predicted octanol–water partition coefficient (Wildman–Crippen LogP) is 0.770. The Morgan fingerprint density at radius 1 is 1.40 bits per heavy atom. The first-order valence-electron chi connectivity index (χ1n) is 5.10. The Morgan fingerprint density at radius 3 is 2.65 bits per heavy atom. The van der Waals surface area contributed by atoms with Gasteiger partial charge in [-0.3, -0.25) is 9.82 Å². The first-order chi connectivity index (χ1) is 9.31. The van der Waals surface area contributed by atoms with Gasteiger partial charge < -0.3 is 5.11 Å². The maximum Gasteiger partial charge on any atom is 0.357 e. The number of H-pyrrole nitrogens is 1. The first kappa shape index (κ1) is 14.4. The van der Waals surface area contributed by atoms with Crippen molar-refractivity contribution in [3.8, 4) is 0 Å². The highest BCUT2D eigenvalue weighted by Gasteiger charge is 2.28. The summed E-state index contributed by atoms with van der Waals surface area (Å²) in [5, 5.41) is 14.7. The number of rotatable bonds is 4. The number of aromatic nitrogens is 4. The second-order valence-corrected chi connectivity index (χ2v) is 6.09. The summed E-state index contributed by atoms with van der Waals surface area (Å²) in [6.45, 7) is 1.40. The van der Waals surface area contributed by atoms with E-state index in [1.54, 1.807) is 0 Å². The van der Waals surface area contributed by atoms with Crippen molar-refractivity contribution in [3.63, 3.8) is 0 Å². The number of carboxylic acid groups (broad SMARTS) is 1. The zero-order valence-electron chi connectivity index (χ0n) is 9.95. The largest absolute Gasteiger partial charge is 0.476 e. The molecule has 2 aromatic heterocycles. The van der Waals surface area contributed by atoms with Crippen LogP contribution in [0, 0.1) is 6.92 Å². The molecule has 3 N–H and O–H groups in total. The second-order valence-electron chi connectivity index (χ2n) is 3.66. The molecule has 2 aromatic rings. The number of hydrogen-bond acceptors (Lipinski definition) is 6. The van der Waals surface area contributed by atoms with Crippen LogP contribution in [0.5, 0.6) is 0 Å². The zero-order chi connectivity index (χ0) is 14.9. The lowest BCUT2D eigenvalue weighted by Gasteiger charge is -2.06. The second kappa shape index (κ2) is 5.17. The van der Waals surface area contributed by atoms with Crippen LogP contribution in [0.15, 0.2) is 21.9 Å². The van der Waals surface area contributed by atoms with Crippen molar-refractivity contribution >= 4 is 37.7 Å². The average Bonchev–Trinajstić information content (AvgIpc) is 2.75. The van der Waals surface area contributed by atoms with E-state index in [0.29, 0.717) is 4.60 Å². The number of nitrogens with zero attached hydrogens (tertiary/aromatic N) is 3. The van der Waals surface area contributed by atoms with Gasteiger partial charge in [-0.15, -0.1) is 0 Å². The topological polar surface area (TPSA) is 138 Å². The van der Waals surface area contributed by atoms with Crippen LogP contribution < -0.4 is 4.72 Å². The highest BCUT2D eigenvalue weighted by molar-refractivity contribution is 9.10. The minimum atomic E-state index is -4.13. The molecule has 0 fully saturated rings. The Labute approximate surface area is 121 Å². The number of nitrogens with one attached hydrogen (secondary N) is 2. The van der Waals surface area contributed by atoms with Gasteiger partial charge in [0.05, 0.1) is 18.1 Å². The van der Waals surface area contributed by atoms with Crippen molar-refractivity contribution in [2.24, 2.45) is 0 Å². The molecule has 0 saturated carbocycles. The lowest BCUT2D eigenvalue weighted by molar-refractivity contribution is 0.0686. The molecule has 2 rings (SSSR count). The van der Waals surface area contributed by atoms with Crippen molar-refractivity contribution < 1.29 is 18.3 Å². The molecule has 9 nitrogen and oxygen atoms in total. The molecule has 0 bridgehead atoms. The van der Waals surface area contributed by atoms with Crippen molar-refractivity contribution in [2.45, 2.75) is 11.8 Å². The van der Waals surface area contributed by atoms with Crippen LogP contribution in [0.2, 0.25) is 0 Å². The van der Waals surface area contributed by atoms with Gasteiger partial charge in [-0.1, -0.05) is 0 Å². The standard InChI is InChI=1S/C9H8BrN5O4S/c1-4-8(7(9(16)17)14-13-4)20(18,19)15-6-3-11-5(10)2-12-6/h2-3H,1H3,(H,12,15)(H,13,14)(H,16,17). The number of aromatic carboxylic acids is 1. The van der Waals surface area contributed by atoms with E-state index < -0.39 is 26.6 Å². The van der Waals surface area contributed by atoms with Crippen molar-refractivity contribution in [3.05, 3.63) is 28.4 Å². The molecule has 0 unspecified atom stereocenters. The van der Waals surface area contributed by atoms with E-state index in [-0.39, 0.29) is 11.5 Å². The number of hydrogen-bond donors (Lipinski definition) is 3. The quantitative estimate of drug-likeness (QED) is 0.730. The molecular formula is C9H8BrN5O4S. The number of carboxylic acids is 1. The Balaban J connectivity index is 2.43. The van der Waals surface area contributed by atoms with Crippen molar-refractivity contribution in [2.75, 3.05) is 4.72 Å². The number of aryl methyl sites for hydroxylation is 1. The number of anilines is 1. The molecular weight excluding hydrogens is 354 g/mol. The molecule has 11 heteroatoms. The third-order valence-corrected chi connectivity index (χ3v) is 4.15. The van der Waals surface area contributed by atoms with E-state index in [1.165, 1.54) is 19.3 Å². The Bertz CT molecular complexity index is 755. The lowest BCUT2D eigenvalue weighted by Crippen LogP contribution is -2.17. The molecule has 0 saturated heterocycles. The summed E-state index contributed by atoms with van der Waals surface area (Å²) < 4.78 is 26.9. The molecule has 0 atom stereocenters. The van der Waals surface area contributed by atoms with Gasteiger partial charge >= 0.3 is 5.97 Å². The fourth-order valence-corrected chi connectivity index (χ4v) is 2.97. The van der Waals surface area contributed by atoms with Gasteiger partial charge in [0.1, 0.15) is 9.50 Å². The highest BCUT2D eigenvalue weighted by atomic mass is 79.9. The number of carbonyl (C=O) groups is 1. The van der Waals surface area contributed by atoms with Gasteiger partial charge in [-0.2, -0.15) is 5.10 Å². The number of halogens is 1. The number of aromatic amines is 1. The summed E-state index contributed by atoms with van der Waals surface area (Å²) in [7, 11) is -4.13. The normalized spacial score (nSPS) is 11.3. The number of sulfonamides is 1. The van der Waals surface area contributed by atoms with Gasteiger partial charge in [0.15, 0.2) is 11.5 Å². The van der Waals surface area contributed by atoms with Crippen molar-refractivity contribution in [1.82, 2.24) is 20.2 Å². The van der Waals surface area contributed by atoms with E-state index >= 15 is 0 Å². The van der Waals surface area contributed by atoms with Gasteiger partial charge in [0.2, 0.25) is 0 Å². The fourth-order valence-electron chi connectivity index (χ4n) is 1.45. The molecule has 0 aromatic carbocycles. The van der Waals surface area contributed by atoms with Gasteiger partial charge in [-0.25, -0.2) is 23.2 Å². The van der Waals surface area contributed by atoms with Gasteiger partial charge in [0, 0.05) is 0 Å². The summed E-state index contributed by atoms with van der Waals surface area (Å²) in [6, 6.07) is 0. The summed E-state index contributed by atoms with van der Waals surface area (Å²) in [4.78, 5) is 18.1. The van der Waals surface area contributed by atoms with Crippen LogP contribution in [0.3, 0.4) is 0 Å². The summed E-state index contributed by atoms with van der Waals surface area (Å²) in [6.07, 6.45) is 2.50. The van der Waals surface area contributed by atoms with Gasteiger partial charge in [0.25, 0.3) is 10.0 Å². The molecule has 0 spiro atoms. The Morgan fingerprint density at radius 2 is 2.10 bits per heavy atom. The SMILES string of the molecule is Cc1[nH]nc(C(=O)O)c1S(=O)(=O)Nc1cnc(Br)cn1. The minimum Gasteiger partial charge on any atom is -0.476 e. The smallest absolute Gasteiger partial charge is 0.357 e. The third-order valence-electron chi connectivity index (χ3n) is 2.22. The van der Waals surface area contributed by atoms with Crippen LogP contribution in [-0.4, -0.2) is 39.7 Å². The Kier molecular flexibility index (Phi) is 3.72. The molecule has 106 valence electrons.